The summed E-state index contributed by atoms with van der Waals surface area (Å²) in [5.74, 6) is -0.371. The van der Waals surface area contributed by atoms with Crippen LogP contribution >= 0.6 is 0 Å². The molecule has 7 heteroatoms. The fourth-order valence-corrected chi connectivity index (χ4v) is 1.46. The van der Waals surface area contributed by atoms with E-state index in [1.54, 1.807) is 7.05 Å². The van der Waals surface area contributed by atoms with E-state index in [4.69, 9.17) is 10.5 Å². The van der Waals surface area contributed by atoms with Crippen LogP contribution in [-0.2, 0) is 13.2 Å². The van der Waals surface area contributed by atoms with Crippen molar-refractivity contribution in [1.82, 2.24) is 9.78 Å². The number of hydrogen-bond donors (Lipinski definition) is 1. The Kier molecular flexibility index (Phi) is 2.90. The minimum Gasteiger partial charge on any atom is -0.435 e. The molecule has 0 spiro atoms. The number of halogens is 3. The summed E-state index contributed by atoms with van der Waals surface area (Å²) in [5, 5.41) is 3.83. The smallest absolute Gasteiger partial charge is 0.419 e. The number of rotatable bonds is 2. The zero-order chi connectivity index (χ0) is 13.3. The lowest BCUT2D eigenvalue weighted by Crippen LogP contribution is -2.07. The van der Waals surface area contributed by atoms with E-state index in [1.807, 2.05) is 0 Å². The highest BCUT2D eigenvalue weighted by molar-refractivity contribution is 5.49. The van der Waals surface area contributed by atoms with E-state index in [-0.39, 0.29) is 17.3 Å². The maximum atomic E-state index is 12.7. The molecule has 4 nitrogen and oxygen atoms in total. The van der Waals surface area contributed by atoms with Gasteiger partial charge in [0.05, 0.1) is 11.8 Å². The molecule has 0 atom stereocenters. The van der Waals surface area contributed by atoms with Gasteiger partial charge in [0, 0.05) is 7.05 Å². The van der Waals surface area contributed by atoms with Crippen molar-refractivity contribution in [2.45, 2.75) is 6.18 Å². The Morgan fingerprint density at radius 1 is 1.28 bits per heavy atom. The molecule has 0 amide bonds. The first kappa shape index (κ1) is 12.3. The van der Waals surface area contributed by atoms with E-state index in [0.29, 0.717) is 0 Å². The van der Waals surface area contributed by atoms with E-state index >= 15 is 0 Å². The molecule has 1 aromatic carbocycles. The molecule has 0 unspecified atom stereocenters. The summed E-state index contributed by atoms with van der Waals surface area (Å²) in [7, 11) is 1.60. The van der Waals surface area contributed by atoms with Gasteiger partial charge in [-0.1, -0.05) is 12.1 Å². The third-order valence-electron chi connectivity index (χ3n) is 2.22. The molecule has 0 saturated carbocycles. The van der Waals surface area contributed by atoms with Crippen LogP contribution in [0.3, 0.4) is 0 Å². The van der Waals surface area contributed by atoms with Gasteiger partial charge in [0.2, 0.25) is 0 Å². The van der Waals surface area contributed by atoms with Gasteiger partial charge in [-0.3, -0.25) is 4.68 Å². The highest BCUT2D eigenvalue weighted by atomic mass is 19.4. The standard InChI is InChI=1S/C11H10F3N3O/c1-17-6-8(15)10(16-17)18-9-5-3-2-4-7(9)11(12,13)14/h2-6H,15H2,1H3. The second-order valence-corrected chi connectivity index (χ2v) is 3.66. The van der Waals surface area contributed by atoms with Gasteiger partial charge in [0.15, 0.2) is 0 Å². The van der Waals surface area contributed by atoms with Crippen LogP contribution in [0.1, 0.15) is 5.56 Å². The lowest BCUT2D eigenvalue weighted by atomic mass is 10.2. The maximum absolute atomic E-state index is 12.7. The number of nitrogens with two attached hydrogens (primary N) is 1. The number of anilines is 1. The van der Waals surface area contributed by atoms with E-state index < -0.39 is 11.7 Å². The van der Waals surface area contributed by atoms with Crippen molar-refractivity contribution in [2.75, 3.05) is 5.73 Å². The van der Waals surface area contributed by atoms with Crippen LogP contribution in [0.5, 0.6) is 11.6 Å². The molecular formula is C11H10F3N3O. The minimum absolute atomic E-state index is 0.0470. The van der Waals surface area contributed by atoms with Crippen LogP contribution < -0.4 is 10.5 Å². The van der Waals surface area contributed by atoms with Crippen molar-refractivity contribution >= 4 is 5.69 Å². The number of aryl methyl sites for hydroxylation is 1. The summed E-state index contributed by atoms with van der Waals surface area (Å²) in [6.07, 6.45) is -3.04. The van der Waals surface area contributed by atoms with E-state index in [2.05, 4.69) is 5.10 Å². The molecule has 0 bridgehead atoms. The number of benzene rings is 1. The van der Waals surface area contributed by atoms with Gasteiger partial charge in [0.25, 0.3) is 5.88 Å². The van der Waals surface area contributed by atoms with Gasteiger partial charge < -0.3 is 10.5 Å². The molecule has 96 valence electrons. The molecule has 0 fully saturated rings. The molecular weight excluding hydrogens is 247 g/mol. The number of ether oxygens (including phenoxy) is 1. The number of nitrogens with zero attached hydrogens (tertiary/aromatic N) is 2. The second-order valence-electron chi connectivity index (χ2n) is 3.66. The SMILES string of the molecule is Cn1cc(N)c(Oc2ccccc2C(F)(F)F)n1. The van der Waals surface area contributed by atoms with Gasteiger partial charge in [-0.15, -0.1) is 5.10 Å². The van der Waals surface area contributed by atoms with Crippen LogP contribution in [0.15, 0.2) is 30.5 Å². The van der Waals surface area contributed by atoms with E-state index in [9.17, 15) is 13.2 Å². The average Bonchev–Trinajstić information content (AvgIpc) is 2.57. The average molecular weight is 257 g/mol. The fraction of sp³-hybridized carbons (Fsp3) is 0.182. The number of alkyl halides is 3. The summed E-state index contributed by atoms with van der Waals surface area (Å²) in [6.45, 7) is 0. The lowest BCUT2D eigenvalue weighted by Gasteiger charge is -2.12. The zero-order valence-corrected chi connectivity index (χ0v) is 9.40. The van der Waals surface area contributed by atoms with Gasteiger partial charge in [-0.2, -0.15) is 13.2 Å². The highest BCUT2D eigenvalue weighted by Crippen LogP contribution is 2.38. The Morgan fingerprint density at radius 3 is 2.50 bits per heavy atom. The Balaban J connectivity index is 2.38. The predicted octanol–water partition coefficient (Wildman–Crippen LogP) is 2.81. The predicted molar refractivity (Wildman–Crippen MR) is 59.1 cm³/mol. The number of aromatic nitrogens is 2. The van der Waals surface area contributed by atoms with Crippen LogP contribution in [0, 0.1) is 0 Å². The molecule has 0 aliphatic rings. The minimum atomic E-state index is -4.49. The van der Waals surface area contributed by atoms with Gasteiger partial charge in [0.1, 0.15) is 11.4 Å². The third-order valence-corrected chi connectivity index (χ3v) is 2.22. The summed E-state index contributed by atoms with van der Waals surface area (Å²) in [5.41, 5.74) is 4.87. The summed E-state index contributed by atoms with van der Waals surface area (Å²) in [4.78, 5) is 0. The van der Waals surface area contributed by atoms with Gasteiger partial charge in [-0.25, -0.2) is 0 Å². The van der Waals surface area contributed by atoms with Gasteiger partial charge >= 0.3 is 6.18 Å². The van der Waals surface area contributed by atoms with Crippen LogP contribution in [0.4, 0.5) is 18.9 Å². The molecule has 1 aromatic heterocycles. The Labute approximate surface area is 101 Å². The molecule has 2 rings (SSSR count). The zero-order valence-electron chi connectivity index (χ0n) is 9.40. The third kappa shape index (κ3) is 2.39. The molecule has 2 aromatic rings. The molecule has 1 heterocycles. The number of hydrogen-bond acceptors (Lipinski definition) is 3. The molecule has 0 aliphatic heterocycles. The van der Waals surface area contributed by atoms with Crippen LogP contribution in [0.2, 0.25) is 0 Å². The van der Waals surface area contributed by atoms with Crippen molar-refractivity contribution in [3.05, 3.63) is 36.0 Å². The normalized spacial score (nSPS) is 11.6. The molecule has 0 saturated heterocycles. The molecule has 2 N–H and O–H groups in total. The second kappa shape index (κ2) is 4.25. The molecule has 0 radical (unpaired) electrons. The maximum Gasteiger partial charge on any atom is 0.419 e. The first-order valence-electron chi connectivity index (χ1n) is 5.01. The quantitative estimate of drug-likeness (QED) is 0.900. The van der Waals surface area contributed by atoms with E-state index in [1.165, 1.54) is 29.1 Å². The molecule has 18 heavy (non-hydrogen) atoms. The first-order chi connectivity index (χ1) is 8.38. The Hall–Kier alpha value is -2.18. The monoisotopic (exact) mass is 257 g/mol. The lowest BCUT2D eigenvalue weighted by molar-refractivity contribution is -0.138. The first-order valence-corrected chi connectivity index (χ1v) is 5.01. The number of para-hydroxylation sites is 1. The summed E-state index contributed by atoms with van der Waals surface area (Å²) in [6, 6.07) is 4.90. The van der Waals surface area contributed by atoms with Gasteiger partial charge in [-0.05, 0) is 12.1 Å². The summed E-state index contributed by atoms with van der Waals surface area (Å²) < 4.78 is 44.6. The van der Waals surface area contributed by atoms with Crippen molar-refractivity contribution in [3.63, 3.8) is 0 Å². The Morgan fingerprint density at radius 2 is 1.94 bits per heavy atom. The van der Waals surface area contributed by atoms with E-state index in [0.717, 1.165) is 6.07 Å². The van der Waals surface area contributed by atoms with Crippen molar-refractivity contribution in [1.29, 1.82) is 0 Å². The van der Waals surface area contributed by atoms with Crippen molar-refractivity contribution in [2.24, 2.45) is 7.05 Å². The fourth-order valence-electron chi connectivity index (χ4n) is 1.46. The molecule has 0 aliphatic carbocycles. The Bertz CT molecular complexity index is 563. The topological polar surface area (TPSA) is 53.1 Å². The summed E-state index contributed by atoms with van der Waals surface area (Å²) >= 11 is 0. The van der Waals surface area contributed by atoms with Crippen LogP contribution in [-0.4, -0.2) is 9.78 Å². The number of nitrogen functional groups attached to an aromatic ring is 1. The van der Waals surface area contributed by atoms with Crippen molar-refractivity contribution in [3.8, 4) is 11.6 Å². The van der Waals surface area contributed by atoms with Crippen molar-refractivity contribution < 1.29 is 17.9 Å². The highest BCUT2D eigenvalue weighted by Gasteiger charge is 2.34. The van der Waals surface area contributed by atoms with Crippen LogP contribution in [0.25, 0.3) is 0 Å². The largest absolute Gasteiger partial charge is 0.435 e.